The molecule has 14 heavy (non-hydrogen) atoms. The van der Waals surface area contributed by atoms with E-state index in [9.17, 15) is 0 Å². The van der Waals surface area contributed by atoms with Gasteiger partial charge in [0.2, 0.25) is 0 Å². The van der Waals surface area contributed by atoms with Crippen LogP contribution in [0.2, 0.25) is 0 Å². The highest BCUT2D eigenvalue weighted by molar-refractivity contribution is 5.59. The van der Waals surface area contributed by atoms with Crippen molar-refractivity contribution in [2.24, 2.45) is 10.7 Å². The average molecular weight is 201 g/mol. The van der Waals surface area contributed by atoms with Gasteiger partial charge in [-0.15, -0.1) is 0 Å². The van der Waals surface area contributed by atoms with E-state index in [1.807, 2.05) is 6.21 Å². The van der Waals surface area contributed by atoms with Gasteiger partial charge < -0.3 is 20.5 Å². The van der Waals surface area contributed by atoms with E-state index in [0.717, 1.165) is 26.1 Å². The van der Waals surface area contributed by atoms with Crippen molar-refractivity contribution < 1.29 is 9.47 Å². The lowest BCUT2D eigenvalue weighted by Crippen LogP contribution is -2.24. The van der Waals surface area contributed by atoms with Gasteiger partial charge in [0.25, 0.3) is 0 Å². The van der Waals surface area contributed by atoms with Gasteiger partial charge >= 0.3 is 0 Å². The van der Waals surface area contributed by atoms with Crippen LogP contribution in [-0.4, -0.2) is 51.9 Å². The summed E-state index contributed by atoms with van der Waals surface area (Å²) >= 11 is 0. The van der Waals surface area contributed by atoms with Crippen LogP contribution in [0.3, 0.4) is 0 Å². The molecular weight excluding hydrogens is 182 g/mol. The first kappa shape index (κ1) is 11.6. The molecule has 0 radical (unpaired) electrons. The van der Waals surface area contributed by atoms with Crippen LogP contribution in [0.5, 0.6) is 0 Å². The summed E-state index contributed by atoms with van der Waals surface area (Å²) in [5, 5.41) is 3.16. The molecule has 82 valence electrons. The topological polar surface area (TPSA) is 72.2 Å². The zero-order valence-electron chi connectivity index (χ0n) is 8.66. The molecule has 5 nitrogen and oxygen atoms in total. The largest absolute Gasteiger partial charge is 0.351 e. The van der Waals surface area contributed by atoms with E-state index in [1.54, 1.807) is 7.11 Å². The Hall–Kier alpha value is -0.490. The van der Waals surface area contributed by atoms with Crippen molar-refractivity contribution in [2.75, 3.05) is 39.9 Å². The van der Waals surface area contributed by atoms with E-state index in [-0.39, 0.29) is 5.79 Å². The summed E-state index contributed by atoms with van der Waals surface area (Å²) in [6.45, 7) is 3.85. The summed E-state index contributed by atoms with van der Waals surface area (Å²) in [5.74, 6) is -0.353. The monoisotopic (exact) mass is 201 g/mol. The molecule has 1 unspecified atom stereocenters. The maximum Gasteiger partial charge on any atom is 0.196 e. The average Bonchev–Trinajstić information content (AvgIpc) is 2.98. The molecule has 1 atom stereocenters. The molecular formula is C9H19N3O2. The second-order valence-electron chi connectivity index (χ2n) is 3.24. The number of ether oxygens (including phenoxy) is 2. The molecule has 0 aromatic carbocycles. The predicted octanol–water partition coefficient (Wildman–Crippen LogP) is -0.631. The van der Waals surface area contributed by atoms with E-state index in [1.165, 1.54) is 0 Å². The van der Waals surface area contributed by atoms with Crippen molar-refractivity contribution in [2.45, 2.75) is 12.2 Å². The Balaban J connectivity index is 1.93. The Labute approximate surface area is 84.7 Å². The Morgan fingerprint density at radius 2 is 2.43 bits per heavy atom. The summed E-state index contributed by atoms with van der Waals surface area (Å²) in [6, 6.07) is 0. The first-order valence-corrected chi connectivity index (χ1v) is 4.91. The number of nitrogens with zero attached hydrogens (tertiary/aromatic N) is 1. The predicted molar refractivity (Wildman–Crippen MR) is 55.6 cm³/mol. The first-order chi connectivity index (χ1) is 6.83. The maximum atomic E-state index is 5.32. The highest BCUT2D eigenvalue weighted by Crippen LogP contribution is 2.30. The molecule has 0 saturated carbocycles. The zero-order chi connectivity index (χ0) is 10.3. The number of rotatable bonds is 8. The van der Waals surface area contributed by atoms with Crippen LogP contribution in [0, 0.1) is 0 Å². The van der Waals surface area contributed by atoms with Crippen LogP contribution in [0.1, 0.15) is 6.42 Å². The van der Waals surface area contributed by atoms with Crippen molar-refractivity contribution in [1.29, 1.82) is 0 Å². The first-order valence-electron chi connectivity index (χ1n) is 4.91. The van der Waals surface area contributed by atoms with Gasteiger partial charge in [-0.05, 0) is 0 Å². The number of nitrogens with one attached hydrogen (secondary N) is 1. The van der Waals surface area contributed by atoms with Gasteiger partial charge in [-0.2, -0.15) is 0 Å². The Bertz CT molecular complexity index is 181. The minimum atomic E-state index is -0.353. The second kappa shape index (κ2) is 6.08. The third-order valence-corrected chi connectivity index (χ3v) is 2.11. The summed E-state index contributed by atoms with van der Waals surface area (Å²) in [6.07, 6.45) is 2.60. The fraction of sp³-hybridized carbons (Fsp3) is 0.889. The number of hydrogen-bond donors (Lipinski definition) is 2. The molecule has 1 saturated heterocycles. The SMILES string of the molecule is COC1(CC=NCCNCCN)CO1. The maximum absolute atomic E-state index is 5.32. The standard InChI is InChI=1S/C9H19N3O2/c1-13-9(8-14-9)2-4-11-6-7-12-5-3-10/h4,12H,2-3,5-8,10H2,1H3. The molecule has 1 fully saturated rings. The molecule has 1 aliphatic heterocycles. The molecule has 1 aliphatic rings. The van der Waals surface area contributed by atoms with Gasteiger partial charge in [-0.25, -0.2) is 0 Å². The van der Waals surface area contributed by atoms with E-state index in [0.29, 0.717) is 13.2 Å². The third-order valence-electron chi connectivity index (χ3n) is 2.11. The van der Waals surface area contributed by atoms with E-state index < -0.39 is 0 Å². The van der Waals surface area contributed by atoms with Crippen molar-refractivity contribution in [3.8, 4) is 0 Å². The number of epoxide rings is 1. The molecule has 1 heterocycles. The Morgan fingerprint density at radius 3 is 3.00 bits per heavy atom. The van der Waals surface area contributed by atoms with E-state index in [2.05, 4.69) is 10.3 Å². The quantitative estimate of drug-likeness (QED) is 0.311. The number of hydrogen-bond acceptors (Lipinski definition) is 5. The minimum Gasteiger partial charge on any atom is -0.351 e. The molecule has 5 heteroatoms. The Morgan fingerprint density at radius 1 is 1.64 bits per heavy atom. The molecule has 0 aromatic rings. The molecule has 0 spiro atoms. The van der Waals surface area contributed by atoms with E-state index >= 15 is 0 Å². The molecule has 1 rings (SSSR count). The normalized spacial score (nSPS) is 25.9. The fourth-order valence-corrected chi connectivity index (χ4v) is 1.07. The van der Waals surface area contributed by atoms with Crippen molar-refractivity contribution in [1.82, 2.24) is 5.32 Å². The van der Waals surface area contributed by atoms with Gasteiger partial charge in [0.1, 0.15) is 6.61 Å². The smallest absolute Gasteiger partial charge is 0.196 e. The number of methoxy groups -OCH3 is 1. The minimum absolute atomic E-state index is 0.353. The molecule has 0 amide bonds. The van der Waals surface area contributed by atoms with Crippen molar-refractivity contribution in [3.63, 3.8) is 0 Å². The van der Waals surface area contributed by atoms with Crippen LogP contribution in [0.15, 0.2) is 4.99 Å². The highest BCUT2D eigenvalue weighted by atomic mass is 16.8. The van der Waals surface area contributed by atoms with Gasteiger partial charge in [0.05, 0.1) is 6.54 Å². The van der Waals surface area contributed by atoms with Crippen LogP contribution in [0.4, 0.5) is 0 Å². The summed E-state index contributed by atoms with van der Waals surface area (Å²) in [4.78, 5) is 4.23. The van der Waals surface area contributed by atoms with Crippen molar-refractivity contribution >= 4 is 6.21 Å². The van der Waals surface area contributed by atoms with Crippen LogP contribution in [-0.2, 0) is 9.47 Å². The summed E-state index contributed by atoms with van der Waals surface area (Å²) in [5.41, 5.74) is 5.32. The van der Waals surface area contributed by atoms with Crippen LogP contribution >= 0.6 is 0 Å². The second-order valence-corrected chi connectivity index (χ2v) is 3.24. The van der Waals surface area contributed by atoms with Crippen LogP contribution < -0.4 is 11.1 Å². The van der Waals surface area contributed by atoms with Gasteiger partial charge in [-0.3, -0.25) is 4.99 Å². The molecule has 3 N–H and O–H groups in total. The van der Waals surface area contributed by atoms with Gasteiger partial charge in [0, 0.05) is 39.4 Å². The summed E-state index contributed by atoms with van der Waals surface area (Å²) < 4.78 is 10.3. The molecule has 0 aromatic heterocycles. The number of aliphatic imine (C=N–C) groups is 1. The number of nitrogens with two attached hydrogens (primary N) is 1. The fourth-order valence-electron chi connectivity index (χ4n) is 1.07. The zero-order valence-corrected chi connectivity index (χ0v) is 8.66. The molecule has 0 bridgehead atoms. The lowest BCUT2D eigenvalue weighted by atomic mass is 10.3. The lowest BCUT2D eigenvalue weighted by Gasteiger charge is -2.04. The molecule has 0 aliphatic carbocycles. The highest BCUT2D eigenvalue weighted by Gasteiger charge is 2.44. The van der Waals surface area contributed by atoms with E-state index in [4.69, 9.17) is 15.2 Å². The lowest BCUT2D eigenvalue weighted by molar-refractivity contribution is -0.00280. The van der Waals surface area contributed by atoms with Crippen LogP contribution in [0.25, 0.3) is 0 Å². The van der Waals surface area contributed by atoms with Crippen molar-refractivity contribution in [3.05, 3.63) is 0 Å². The summed E-state index contributed by atoms with van der Waals surface area (Å²) in [7, 11) is 1.66. The van der Waals surface area contributed by atoms with Gasteiger partial charge in [0.15, 0.2) is 5.79 Å². The third kappa shape index (κ3) is 4.15. The van der Waals surface area contributed by atoms with Gasteiger partial charge in [-0.1, -0.05) is 0 Å². The Kier molecular flexibility index (Phi) is 5.03.